The molecule has 0 fully saturated rings. The number of hydrogen-bond donors (Lipinski definition) is 2. The van der Waals surface area contributed by atoms with E-state index in [9.17, 15) is 14.4 Å². The van der Waals surface area contributed by atoms with E-state index < -0.39 is 17.2 Å². The molecule has 0 aliphatic heterocycles. The fraction of sp³-hybridized carbons (Fsp3) is 0.0435. The van der Waals surface area contributed by atoms with Crippen LogP contribution < -0.4 is 16.0 Å². The van der Waals surface area contributed by atoms with Crippen LogP contribution in [0.2, 0.25) is 0 Å². The van der Waals surface area contributed by atoms with Crippen LogP contribution in [0.1, 0.15) is 21.5 Å². The van der Waals surface area contributed by atoms with Gasteiger partial charge >= 0.3 is 11.7 Å². The first-order valence-corrected chi connectivity index (χ1v) is 9.35. The molecule has 3 aromatic carbocycles. The molecule has 0 saturated carbocycles. The van der Waals surface area contributed by atoms with E-state index in [0.717, 1.165) is 10.2 Å². The minimum absolute atomic E-state index is 0.201. The quantitative estimate of drug-likeness (QED) is 0.470. The van der Waals surface area contributed by atoms with E-state index in [-0.39, 0.29) is 12.2 Å². The number of rotatable bonds is 6. The Morgan fingerprint density at radius 3 is 2.58 bits per heavy atom. The molecule has 1 aromatic heterocycles. The average Bonchev–Trinajstić information content (AvgIpc) is 2.78. The maximum atomic E-state index is 12.5. The van der Waals surface area contributed by atoms with Gasteiger partial charge in [0, 0.05) is 0 Å². The molecule has 154 valence electrons. The molecule has 1 heterocycles. The van der Waals surface area contributed by atoms with Crippen LogP contribution in [0, 0.1) is 0 Å². The summed E-state index contributed by atoms with van der Waals surface area (Å²) in [6.07, 6.45) is 1.41. The molecular weight excluding hydrogens is 398 g/mol. The number of nitrogens with one attached hydrogen (secondary N) is 1. The molecule has 8 heteroatoms. The highest BCUT2D eigenvalue weighted by molar-refractivity contribution is 5.87. The van der Waals surface area contributed by atoms with E-state index >= 15 is 0 Å². The van der Waals surface area contributed by atoms with E-state index in [1.54, 1.807) is 66.7 Å². The predicted molar refractivity (Wildman–Crippen MR) is 116 cm³/mol. The largest absolute Gasteiger partial charge is 0.489 e. The number of hydrogen-bond acceptors (Lipinski definition) is 5. The van der Waals surface area contributed by atoms with Gasteiger partial charge in [-0.15, -0.1) is 4.68 Å². The third-order valence-electron chi connectivity index (χ3n) is 4.57. The Morgan fingerprint density at radius 1 is 1.03 bits per heavy atom. The Bertz CT molecular complexity index is 1400. The van der Waals surface area contributed by atoms with E-state index in [1.165, 1.54) is 12.3 Å². The molecule has 4 rings (SSSR count). The maximum absolute atomic E-state index is 12.5. The van der Waals surface area contributed by atoms with Gasteiger partial charge < -0.3 is 14.8 Å². The normalized spacial score (nSPS) is 11.1. The third kappa shape index (κ3) is 4.43. The summed E-state index contributed by atoms with van der Waals surface area (Å²) in [6, 6.07) is 20.1. The summed E-state index contributed by atoms with van der Waals surface area (Å²) in [5.41, 5.74) is 0.939. The van der Waals surface area contributed by atoms with Crippen molar-refractivity contribution in [1.82, 2.24) is 9.66 Å². The van der Waals surface area contributed by atoms with Crippen LogP contribution in [0.25, 0.3) is 10.9 Å². The molecule has 0 aliphatic rings. The summed E-state index contributed by atoms with van der Waals surface area (Å²) in [6.45, 7) is 0.219. The summed E-state index contributed by atoms with van der Waals surface area (Å²) >= 11 is 0. The minimum Gasteiger partial charge on any atom is -0.489 e. The Kier molecular flexibility index (Phi) is 5.44. The lowest BCUT2D eigenvalue weighted by Crippen LogP contribution is -2.32. The van der Waals surface area contributed by atoms with Gasteiger partial charge in [0.05, 0.1) is 22.7 Å². The SMILES string of the molecule is O=C(O)c1cccc(COc2ccc(C=Nn3c(=O)[nH]c4ccccc4c3=O)cc2)c1. The zero-order valence-electron chi connectivity index (χ0n) is 16.2. The number of nitrogens with zero attached hydrogens (tertiary/aromatic N) is 2. The number of benzene rings is 3. The van der Waals surface area contributed by atoms with Gasteiger partial charge in [0.15, 0.2) is 0 Å². The van der Waals surface area contributed by atoms with E-state index in [1.807, 2.05) is 0 Å². The van der Waals surface area contributed by atoms with Crippen molar-refractivity contribution in [2.75, 3.05) is 0 Å². The van der Waals surface area contributed by atoms with Gasteiger partial charge in [0.1, 0.15) is 12.4 Å². The second-order valence-electron chi connectivity index (χ2n) is 6.70. The topological polar surface area (TPSA) is 114 Å². The molecule has 0 radical (unpaired) electrons. The number of fused-ring (bicyclic) bond motifs is 1. The smallest absolute Gasteiger partial charge is 0.349 e. The molecule has 0 amide bonds. The lowest BCUT2D eigenvalue weighted by atomic mass is 10.1. The van der Waals surface area contributed by atoms with E-state index in [4.69, 9.17) is 9.84 Å². The Morgan fingerprint density at radius 2 is 1.81 bits per heavy atom. The number of aromatic amines is 1. The number of carboxylic acids is 1. The van der Waals surface area contributed by atoms with Crippen molar-refractivity contribution < 1.29 is 14.6 Å². The first-order chi connectivity index (χ1) is 15.0. The maximum Gasteiger partial charge on any atom is 0.349 e. The standard InChI is InChI=1S/C23H17N3O5/c27-21-19-6-1-2-7-20(19)25-23(30)26(21)24-13-15-8-10-18(11-9-15)31-14-16-4-3-5-17(12-16)22(28)29/h1-13H,14H2,(H,25,30)(H,28,29). The Hall–Kier alpha value is -4.46. The number of aromatic carboxylic acids is 1. The summed E-state index contributed by atoms with van der Waals surface area (Å²) < 4.78 is 6.46. The van der Waals surface area contributed by atoms with Crippen molar-refractivity contribution in [1.29, 1.82) is 0 Å². The fourth-order valence-corrected chi connectivity index (χ4v) is 2.99. The molecule has 0 aliphatic carbocycles. The number of carboxylic acid groups (broad SMARTS) is 1. The molecule has 0 bridgehead atoms. The molecule has 0 atom stereocenters. The van der Waals surface area contributed by atoms with Crippen LogP contribution in [0.3, 0.4) is 0 Å². The van der Waals surface area contributed by atoms with Gasteiger partial charge in [0.25, 0.3) is 5.56 Å². The van der Waals surface area contributed by atoms with Crippen molar-refractivity contribution in [3.05, 3.63) is 110 Å². The second-order valence-corrected chi connectivity index (χ2v) is 6.70. The van der Waals surface area contributed by atoms with Crippen LogP contribution >= 0.6 is 0 Å². The van der Waals surface area contributed by atoms with Gasteiger partial charge in [-0.05, 0) is 59.7 Å². The average molecular weight is 415 g/mol. The number of H-pyrrole nitrogens is 1. The second kappa shape index (κ2) is 8.50. The van der Waals surface area contributed by atoms with Crippen molar-refractivity contribution >= 4 is 23.1 Å². The van der Waals surface area contributed by atoms with Crippen molar-refractivity contribution in [3.63, 3.8) is 0 Å². The molecule has 31 heavy (non-hydrogen) atoms. The van der Waals surface area contributed by atoms with Crippen molar-refractivity contribution in [2.45, 2.75) is 6.61 Å². The molecule has 0 spiro atoms. The van der Waals surface area contributed by atoms with E-state index in [2.05, 4.69) is 10.1 Å². The Labute approximate surface area is 175 Å². The van der Waals surface area contributed by atoms with Gasteiger partial charge in [-0.1, -0.05) is 24.3 Å². The highest BCUT2D eigenvalue weighted by atomic mass is 16.5. The highest BCUT2D eigenvalue weighted by Crippen LogP contribution is 2.14. The van der Waals surface area contributed by atoms with E-state index in [0.29, 0.717) is 22.2 Å². The molecule has 2 N–H and O–H groups in total. The van der Waals surface area contributed by atoms with Crippen LogP contribution in [0.5, 0.6) is 5.75 Å². The summed E-state index contributed by atoms with van der Waals surface area (Å²) in [5, 5.41) is 13.4. The first-order valence-electron chi connectivity index (χ1n) is 9.35. The number of aromatic nitrogens is 2. The highest BCUT2D eigenvalue weighted by Gasteiger charge is 2.06. The zero-order chi connectivity index (χ0) is 21.8. The molecular formula is C23H17N3O5. The predicted octanol–water partition coefficient (Wildman–Crippen LogP) is 2.85. The van der Waals surface area contributed by atoms with Crippen molar-refractivity contribution in [3.8, 4) is 5.75 Å². The minimum atomic E-state index is -0.991. The Balaban J connectivity index is 1.48. The summed E-state index contributed by atoms with van der Waals surface area (Å²) in [7, 11) is 0. The lowest BCUT2D eigenvalue weighted by Gasteiger charge is -2.07. The van der Waals surface area contributed by atoms with Gasteiger partial charge in [-0.2, -0.15) is 5.10 Å². The number of ether oxygens (including phenoxy) is 1. The van der Waals surface area contributed by atoms with Crippen molar-refractivity contribution in [2.24, 2.45) is 5.10 Å². The molecule has 4 aromatic rings. The van der Waals surface area contributed by atoms with Gasteiger partial charge in [0.2, 0.25) is 0 Å². The fourth-order valence-electron chi connectivity index (χ4n) is 2.99. The van der Waals surface area contributed by atoms with Gasteiger partial charge in [-0.3, -0.25) is 4.79 Å². The summed E-state index contributed by atoms with van der Waals surface area (Å²) in [5.74, 6) is -0.409. The lowest BCUT2D eigenvalue weighted by molar-refractivity contribution is 0.0696. The summed E-state index contributed by atoms with van der Waals surface area (Å²) in [4.78, 5) is 38.3. The van der Waals surface area contributed by atoms with Crippen LogP contribution in [-0.2, 0) is 6.61 Å². The number of carbonyl (C=O) groups is 1. The number of para-hydroxylation sites is 1. The van der Waals surface area contributed by atoms with Gasteiger partial charge in [-0.25, -0.2) is 9.59 Å². The molecule has 0 saturated heterocycles. The first kappa shape index (κ1) is 19.8. The molecule has 0 unspecified atom stereocenters. The van der Waals surface area contributed by atoms with Crippen LogP contribution in [-0.4, -0.2) is 27.0 Å². The van der Waals surface area contributed by atoms with Crippen LogP contribution in [0.15, 0.2) is 87.5 Å². The van der Waals surface area contributed by atoms with Crippen LogP contribution in [0.4, 0.5) is 0 Å². The molecule has 8 nitrogen and oxygen atoms in total. The third-order valence-corrected chi connectivity index (χ3v) is 4.57. The zero-order valence-corrected chi connectivity index (χ0v) is 16.2. The monoisotopic (exact) mass is 415 g/mol.